The maximum Gasteiger partial charge on any atom is 0.326 e. The minimum Gasteiger partial charge on any atom is -0.480 e. The summed E-state index contributed by atoms with van der Waals surface area (Å²) in [5.74, 6) is -0.784. The van der Waals surface area contributed by atoms with Crippen molar-refractivity contribution in [3.63, 3.8) is 0 Å². The highest BCUT2D eigenvalue weighted by molar-refractivity contribution is 7.09. The van der Waals surface area contributed by atoms with Gasteiger partial charge in [-0.25, -0.2) is 9.59 Å². The fraction of sp³-hybridized carbons (Fsp3) is 0.600. The van der Waals surface area contributed by atoms with Crippen molar-refractivity contribution >= 4 is 23.3 Å². The van der Waals surface area contributed by atoms with Gasteiger partial charge in [0, 0.05) is 10.9 Å². The maximum atomic E-state index is 12.4. The van der Waals surface area contributed by atoms with Crippen molar-refractivity contribution in [3.8, 4) is 0 Å². The number of carboxylic acids is 1. The predicted molar refractivity (Wildman–Crippen MR) is 84.4 cm³/mol. The largest absolute Gasteiger partial charge is 0.480 e. The Balaban J connectivity index is 2.73. The molecule has 1 heterocycles. The van der Waals surface area contributed by atoms with E-state index in [4.69, 9.17) is 0 Å². The molecule has 1 aromatic heterocycles. The van der Waals surface area contributed by atoms with Crippen LogP contribution in [0.4, 0.5) is 4.79 Å². The van der Waals surface area contributed by atoms with Crippen molar-refractivity contribution in [1.82, 2.24) is 10.2 Å². The van der Waals surface area contributed by atoms with Gasteiger partial charge in [0.2, 0.25) is 0 Å². The van der Waals surface area contributed by atoms with Crippen LogP contribution in [0.3, 0.4) is 0 Å². The molecule has 0 aliphatic heterocycles. The number of thiophene rings is 1. The summed E-state index contributed by atoms with van der Waals surface area (Å²) < 4.78 is 0. The van der Waals surface area contributed by atoms with Gasteiger partial charge in [-0.2, -0.15) is 0 Å². The van der Waals surface area contributed by atoms with E-state index in [0.717, 1.165) is 4.88 Å². The number of amides is 2. The van der Waals surface area contributed by atoms with Crippen molar-refractivity contribution in [2.75, 3.05) is 0 Å². The number of carbonyl (C=O) groups is 2. The Morgan fingerprint density at radius 2 is 2.00 bits per heavy atom. The van der Waals surface area contributed by atoms with Crippen LogP contribution in [0.15, 0.2) is 17.5 Å². The summed E-state index contributed by atoms with van der Waals surface area (Å²) in [6.45, 7) is 8.22. The number of hydrogen-bond donors (Lipinski definition) is 2. The van der Waals surface area contributed by atoms with E-state index in [-0.39, 0.29) is 18.0 Å². The Labute approximate surface area is 130 Å². The first-order valence-electron chi connectivity index (χ1n) is 7.13. The van der Waals surface area contributed by atoms with Gasteiger partial charge in [-0.3, -0.25) is 0 Å². The maximum absolute atomic E-state index is 12.4. The average molecular weight is 312 g/mol. The smallest absolute Gasteiger partial charge is 0.326 e. The molecule has 5 nitrogen and oxygen atoms in total. The third kappa shape index (κ3) is 5.75. The molecule has 0 spiro atoms. The Morgan fingerprint density at radius 1 is 1.33 bits per heavy atom. The number of carbonyl (C=O) groups excluding carboxylic acids is 1. The summed E-state index contributed by atoms with van der Waals surface area (Å²) in [5, 5.41) is 13.8. The molecule has 118 valence electrons. The van der Waals surface area contributed by atoms with E-state index < -0.39 is 12.0 Å². The van der Waals surface area contributed by atoms with E-state index in [1.54, 1.807) is 16.2 Å². The molecule has 1 rings (SSSR count). The molecular weight excluding hydrogens is 288 g/mol. The normalized spacial score (nSPS) is 12.5. The second kappa shape index (κ2) is 8.02. The summed E-state index contributed by atoms with van der Waals surface area (Å²) in [6.07, 6.45) is 0.423. The zero-order chi connectivity index (χ0) is 16.0. The van der Waals surface area contributed by atoms with Crippen molar-refractivity contribution in [2.24, 2.45) is 5.92 Å². The summed E-state index contributed by atoms with van der Waals surface area (Å²) in [4.78, 5) is 26.3. The molecule has 2 N–H and O–H groups in total. The minimum absolute atomic E-state index is 0.000551. The SMILES string of the molecule is CC(C)C[C@H](NC(=O)N(Cc1cccs1)C(C)C)C(=O)O. The quantitative estimate of drug-likeness (QED) is 0.812. The van der Waals surface area contributed by atoms with Crippen LogP contribution in [0, 0.1) is 5.92 Å². The van der Waals surface area contributed by atoms with Crippen LogP contribution in [0.2, 0.25) is 0 Å². The summed E-state index contributed by atoms with van der Waals surface area (Å²) >= 11 is 1.58. The van der Waals surface area contributed by atoms with Crippen molar-refractivity contribution < 1.29 is 14.7 Å². The van der Waals surface area contributed by atoms with Gasteiger partial charge >= 0.3 is 12.0 Å². The topological polar surface area (TPSA) is 69.6 Å². The van der Waals surface area contributed by atoms with Gasteiger partial charge in [0.05, 0.1) is 6.54 Å². The van der Waals surface area contributed by atoms with E-state index in [2.05, 4.69) is 5.32 Å². The number of carboxylic acid groups (broad SMARTS) is 1. The lowest BCUT2D eigenvalue weighted by Crippen LogP contribution is -2.50. The molecule has 0 bridgehead atoms. The third-order valence-corrected chi connectivity index (χ3v) is 3.95. The lowest BCUT2D eigenvalue weighted by atomic mass is 10.0. The molecule has 6 heteroatoms. The Bertz CT molecular complexity index is 457. The Kier molecular flexibility index (Phi) is 6.68. The number of urea groups is 1. The van der Waals surface area contributed by atoms with Crippen LogP contribution in [0.1, 0.15) is 39.0 Å². The van der Waals surface area contributed by atoms with Crippen LogP contribution in [-0.4, -0.2) is 34.1 Å². The summed E-state index contributed by atoms with van der Waals surface area (Å²) in [6, 6.07) is 2.74. The number of nitrogens with one attached hydrogen (secondary N) is 1. The molecule has 0 aromatic carbocycles. The second-order valence-electron chi connectivity index (χ2n) is 5.77. The van der Waals surface area contributed by atoms with Crippen LogP contribution in [-0.2, 0) is 11.3 Å². The third-order valence-electron chi connectivity index (χ3n) is 3.09. The van der Waals surface area contributed by atoms with Crippen molar-refractivity contribution in [1.29, 1.82) is 0 Å². The first-order valence-corrected chi connectivity index (χ1v) is 8.01. The Morgan fingerprint density at radius 3 is 2.43 bits per heavy atom. The van der Waals surface area contributed by atoms with Crippen LogP contribution < -0.4 is 5.32 Å². The molecule has 0 aliphatic rings. The molecular formula is C15H24N2O3S. The second-order valence-corrected chi connectivity index (χ2v) is 6.80. The molecule has 1 aromatic rings. The lowest BCUT2D eigenvalue weighted by Gasteiger charge is -2.28. The number of rotatable bonds is 7. The van der Waals surface area contributed by atoms with Gasteiger partial charge in [0.15, 0.2) is 0 Å². The van der Waals surface area contributed by atoms with Crippen molar-refractivity contribution in [2.45, 2.75) is 52.7 Å². The van der Waals surface area contributed by atoms with Gasteiger partial charge in [-0.15, -0.1) is 11.3 Å². The van der Waals surface area contributed by atoms with Gasteiger partial charge < -0.3 is 15.3 Å². The van der Waals surface area contributed by atoms with E-state index in [9.17, 15) is 14.7 Å². The van der Waals surface area contributed by atoms with E-state index in [1.165, 1.54) is 0 Å². The molecule has 0 saturated heterocycles. The highest BCUT2D eigenvalue weighted by atomic mass is 32.1. The number of hydrogen-bond acceptors (Lipinski definition) is 3. The average Bonchev–Trinajstić information content (AvgIpc) is 2.86. The fourth-order valence-electron chi connectivity index (χ4n) is 1.98. The lowest BCUT2D eigenvalue weighted by molar-refractivity contribution is -0.139. The molecule has 0 aliphatic carbocycles. The van der Waals surface area contributed by atoms with Gasteiger partial charge in [-0.05, 0) is 37.6 Å². The molecule has 0 fully saturated rings. The first kappa shape index (κ1) is 17.5. The van der Waals surface area contributed by atoms with E-state index in [0.29, 0.717) is 13.0 Å². The minimum atomic E-state index is -0.989. The van der Waals surface area contributed by atoms with Crippen LogP contribution in [0.5, 0.6) is 0 Å². The van der Waals surface area contributed by atoms with Gasteiger partial charge in [-0.1, -0.05) is 19.9 Å². The number of aliphatic carboxylic acids is 1. The van der Waals surface area contributed by atoms with Crippen molar-refractivity contribution in [3.05, 3.63) is 22.4 Å². The molecule has 0 unspecified atom stereocenters. The van der Waals surface area contributed by atoms with Crippen LogP contribution in [0.25, 0.3) is 0 Å². The monoisotopic (exact) mass is 312 g/mol. The standard InChI is InChI=1S/C15H24N2O3S/c1-10(2)8-13(14(18)19)16-15(20)17(11(3)4)9-12-6-5-7-21-12/h5-7,10-11,13H,8-9H2,1-4H3,(H,16,20)(H,18,19)/t13-/m0/s1. The van der Waals surface area contributed by atoms with Crippen LogP contribution >= 0.6 is 11.3 Å². The van der Waals surface area contributed by atoms with E-state index >= 15 is 0 Å². The molecule has 21 heavy (non-hydrogen) atoms. The van der Waals surface area contributed by atoms with Gasteiger partial charge in [0.1, 0.15) is 6.04 Å². The highest BCUT2D eigenvalue weighted by Crippen LogP contribution is 2.15. The molecule has 0 radical (unpaired) electrons. The number of nitrogens with zero attached hydrogens (tertiary/aromatic N) is 1. The molecule has 1 atom stereocenters. The van der Waals surface area contributed by atoms with Gasteiger partial charge in [0.25, 0.3) is 0 Å². The first-order chi connectivity index (χ1) is 9.81. The molecule has 2 amide bonds. The molecule has 0 saturated carbocycles. The fourth-order valence-corrected chi connectivity index (χ4v) is 2.69. The summed E-state index contributed by atoms with van der Waals surface area (Å²) in [7, 11) is 0. The highest BCUT2D eigenvalue weighted by Gasteiger charge is 2.25. The predicted octanol–water partition coefficient (Wildman–Crippen LogP) is 3.17. The van der Waals surface area contributed by atoms with E-state index in [1.807, 2.05) is 45.2 Å². The zero-order valence-corrected chi connectivity index (χ0v) is 13.8. The summed E-state index contributed by atoms with van der Waals surface area (Å²) in [5.41, 5.74) is 0. The zero-order valence-electron chi connectivity index (χ0n) is 13.0. The Hall–Kier alpha value is -1.56.